The molecule has 2 heteroatoms. The van der Waals surface area contributed by atoms with Gasteiger partial charge in [-0.3, -0.25) is 4.79 Å². The largest absolute Gasteiger partial charge is 0.356 e. The highest BCUT2D eigenvalue weighted by atomic mass is 16.2. The van der Waals surface area contributed by atoms with Crippen LogP contribution in [-0.2, 0) is 4.79 Å². The molecule has 0 aromatic heterocycles. The highest BCUT2D eigenvalue weighted by Crippen LogP contribution is 2.42. The number of carbonyl (C=O) groups excluding carboxylic acids is 1. The summed E-state index contributed by atoms with van der Waals surface area (Å²) >= 11 is 0. The van der Waals surface area contributed by atoms with E-state index in [4.69, 9.17) is 0 Å². The molecule has 2 atom stereocenters. The van der Waals surface area contributed by atoms with Gasteiger partial charge in [0.05, 0.1) is 0 Å². The molecule has 0 aromatic rings. The quantitative estimate of drug-likeness (QED) is 0.469. The molecule has 0 bridgehead atoms. The standard InChI is InChI=1S/C18H35NO/c1-3-5-7-9-10-11-13-16-15-17(16)18(20)19-14-12-8-6-4-2/h16-17H,3-15H2,1-2H3,(H,19,20). The Balaban J connectivity index is 1.90. The Morgan fingerprint density at radius 3 is 2.20 bits per heavy atom. The van der Waals surface area contributed by atoms with E-state index in [-0.39, 0.29) is 0 Å². The molecule has 20 heavy (non-hydrogen) atoms. The van der Waals surface area contributed by atoms with Crippen LogP contribution in [0.4, 0.5) is 0 Å². The van der Waals surface area contributed by atoms with Gasteiger partial charge in [-0.2, -0.15) is 0 Å². The summed E-state index contributed by atoms with van der Waals surface area (Å²) in [5, 5.41) is 3.11. The van der Waals surface area contributed by atoms with Gasteiger partial charge in [0.2, 0.25) is 5.91 Å². The van der Waals surface area contributed by atoms with E-state index in [9.17, 15) is 4.79 Å². The molecule has 0 spiro atoms. The van der Waals surface area contributed by atoms with Crippen LogP contribution in [0, 0.1) is 11.8 Å². The zero-order valence-electron chi connectivity index (χ0n) is 13.8. The van der Waals surface area contributed by atoms with E-state index in [0.717, 1.165) is 19.4 Å². The van der Waals surface area contributed by atoms with Crippen molar-refractivity contribution < 1.29 is 4.79 Å². The van der Waals surface area contributed by atoms with Crippen LogP contribution in [0.15, 0.2) is 0 Å². The zero-order chi connectivity index (χ0) is 14.6. The van der Waals surface area contributed by atoms with Gasteiger partial charge >= 0.3 is 0 Å². The third-order valence-electron chi connectivity index (χ3n) is 4.52. The first-order valence-electron chi connectivity index (χ1n) is 9.07. The van der Waals surface area contributed by atoms with Crippen LogP contribution in [-0.4, -0.2) is 12.5 Å². The van der Waals surface area contributed by atoms with Gasteiger partial charge in [-0.15, -0.1) is 0 Å². The average molecular weight is 281 g/mol. The summed E-state index contributed by atoms with van der Waals surface area (Å²) in [5.74, 6) is 1.39. The third-order valence-corrected chi connectivity index (χ3v) is 4.52. The fourth-order valence-corrected chi connectivity index (χ4v) is 2.97. The number of rotatable bonds is 13. The molecular formula is C18H35NO. The number of hydrogen-bond donors (Lipinski definition) is 1. The zero-order valence-corrected chi connectivity index (χ0v) is 13.8. The van der Waals surface area contributed by atoms with E-state index < -0.39 is 0 Å². The second-order valence-electron chi connectivity index (χ2n) is 6.51. The smallest absolute Gasteiger partial charge is 0.223 e. The van der Waals surface area contributed by atoms with Crippen LogP contribution in [0.3, 0.4) is 0 Å². The lowest BCUT2D eigenvalue weighted by Crippen LogP contribution is -2.26. The molecule has 0 heterocycles. The van der Waals surface area contributed by atoms with E-state index in [2.05, 4.69) is 19.2 Å². The molecule has 118 valence electrons. The number of carbonyl (C=O) groups is 1. The Morgan fingerprint density at radius 1 is 0.900 bits per heavy atom. The molecule has 2 unspecified atom stereocenters. The maximum atomic E-state index is 11.9. The third kappa shape index (κ3) is 7.91. The van der Waals surface area contributed by atoms with Gasteiger partial charge < -0.3 is 5.32 Å². The van der Waals surface area contributed by atoms with E-state index in [1.807, 2.05) is 0 Å². The SMILES string of the molecule is CCCCCCCCC1CC1C(=O)NCCCCCC. The minimum atomic E-state index is 0.331. The first-order chi connectivity index (χ1) is 9.79. The number of nitrogens with one attached hydrogen (secondary N) is 1. The second kappa shape index (κ2) is 11.2. The van der Waals surface area contributed by atoms with Gasteiger partial charge in [0, 0.05) is 12.5 Å². The maximum absolute atomic E-state index is 11.9. The topological polar surface area (TPSA) is 29.1 Å². The van der Waals surface area contributed by atoms with Crippen molar-refractivity contribution in [1.82, 2.24) is 5.32 Å². The lowest BCUT2D eigenvalue weighted by Gasteiger charge is -2.05. The van der Waals surface area contributed by atoms with Crippen molar-refractivity contribution >= 4 is 5.91 Å². The molecule has 1 fully saturated rings. The molecule has 2 nitrogen and oxygen atoms in total. The van der Waals surface area contributed by atoms with Gasteiger partial charge in [0.15, 0.2) is 0 Å². The van der Waals surface area contributed by atoms with Gasteiger partial charge in [-0.05, 0) is 25.2 Å². The molecule has 1 rings (SSSR count). The van der Waals surface area contributed by atoms with Crippen LogP contribution in [0.1, 0.15) is 90.9 Å². The van der Waals surface area contributed by atoms with Crippen LogP contribution < -0.4 is 5.32 Å². The fraction of sp³-hybridized carbons (Fsp3) is 0.944. The summed E-state index contributed by atoms with van der Waals surface area (Å²) in [6.45, 7) is 5.37. The summed E-state index contributed by atoms with van der Waals surface area (Å²) in [7, 11) is 0. The lowest BCUT2D eigenvalue weighted by molar-refractivity contribution is -0.122. The van der Waals surface area contributed by atoms with Crippen molar-refractivity contribution in [3.63, 3.8) is 0 Å². The Labute approximate surface area is 126 Å². The van der Waals surface area contributed by atoms with Crippen molar-refractivity contribution in [2.24, 2.45) is 11.8 Å². The van der Waals surface area contributed by atoms with Crippen LogP contribution in [0.2, 0.25) is 0 Å². The lowest BCUT2D eigenvalue weighted by atomic mass is 10.1. The van der Waals surface area contributed by atoms with E-state index in [1.54, 1.807) is 0 Å². The molecule has 0 aliphatic heterocycles. The Hall–Kier alpha value is -0.530. The first-order valence-corrected chi connectivity index (χ1v) is 9.07. The van der Waals surface area contributed by atoms with Crippen molar-refractivity contribution in [3.8, 4) is 0 Å². The molecule has 0 aromatic carbocycles. The van der Waals surface area contributed by atoms with Crippen LogP contribution in [0.25, 0.3) is 0 Å². The average Bonchev–Trinajstić information content (AvgIpc) is 3.22. The number of hydrogen-bond acceptors (Lipinski definition) is 1. The normalized spacial score (nSPS) is 20.9. The van der Waals surface area contributed by atoms with Crippen LogP contribution in [0.5, 0.6) is 0 Å². The van der Waals surface area contributed by atoms with E-state index >= 15 is 0 Å². The van der Waals surface area contributed by atoms with Crippen molar-refractivity contribution in [1.29, 1.82) is 0 Å². The van der Waals surface area contributed by atoms with Crippen LogP contribution >= 0.6 is 0 Å². The van der Waals surface area contributed by atoms with Crippen molar-refractivity contribution in [2.45, 2.75) is 90.9 Å². The molecular weight excluding hydrogens is 246 g/mol. The fourth-order valence-electron chi connectivity index (χ4n) is 2.97. The first kappa shape index (κ1) is 17.5. The highest BCUT2D eigenvalue weighted by Gasteiger charge is 2.41. The summed E-state index contributed by atoms with van der Waals surface area (Å²) in [6, 6.07) is 0. The Morgan fingerprint density at radius 2 is 1.50 bits per heavy atom. The Kier molecular flexibility index (Phi) is 9.78. The van der Waals surface area contributed by atoms with Gasteiger partial charge in [0.25, 0.3) is 0 Å². The summed E-state index contributed by atoms with van der Waals surface area (Å²) in [6.07, 6.45) is 15.5. The predicted octanol–water partition coefficient (Wildman–Crippen LogP) is 5.07. The van der Waals surface area contributed by atoms with E-state index in [0.29, 0.717) is 17.7 Å². The minimum absolute atomic E-state index is 0.331. The molecule has 1 amide bonds. The summed E-state index contributed by atoms with van der Waals surface area (Å²) in [5.41, 5.74) is 0. The Bertz CT molecular complexity index is 252. The summed E-state index contributed by atoms with van der Waals surface area (Å²) in [4.78, 5) is 11.9. The van der Waals surface area contributed by atoms with Crippen molar-refractivity contribution in [2.75, 3.05) is 6.54 Å². The summed E-state index contributed by atoms with van der Waals surface area (Å²) < 4.78 is 0. The molecule has 1 saturated carbocycles. The maximum Gasteiger partial charge on any atom is 0.223 e. The second-order valence-corrected chi connectivity index (χ2v) is 6.51. The molecule has 1 aliphatic carbocycles. The van der Waals surface area contributed by atoms with E-state index in [1.165, 1.54) is 64.2 Å². The predicted molar refractivity (Wildman–Crippen MR) is 86.7 cm³/mol. The molecule has 1 aliphatic rings. The van der Waals surface area contributed by atoms with Crippen molar-refractivity contribution in [3.05, 3.63) is 0 Å². The van der Waals surface area contributed by atoms with Gasteiger partial charge in [-0.1, -0.05) is 71.6 Å². The highest BCUT2D eigenvalue weighted by molar-refractivity contribution is 5.81. The molecule has 0 saturated heterocycles. The molecule has 1 N–H and O–H groups in total. The van der Waals surface area contributed by atoms with Gasteiger partial charge in [-0.25, -0.2) is 0 Å². The van der Waals surface area contributed by atoms with Gasteiger partial charge in [0.1, 0.15) is 0 Å². The minimum Gasteiger partial charge on any atom is -0.356 e. The monoisotopic (exact) mass is 281 g/mol. The number of unbranched alkanes of at least 4 members (excludes halogenated alkanes) is 8. The number of amides is 1. The molecule has 0 radical (unpaired) electrons.